The number of aryl methyl sites for hydroxylation is 1. The second-order valence-corrected chi connectivity index (χ2v) is 4.66. The number of benzene rings is 1. The molecule has 1 aromatic heterocycles. The van der Waals surface area contributed by atoms with E-state index in [0.29, 0.717) is 17.1 Å². The molecule has 0 aliphatic carbocycles. The van der Waals surface area contributed by atoms with Gasteiger partial charge >= 0.3 is 0 Å². The van der Waals surface area contributed by atoms with Crippen molar-refractivity contribution < 1.29 is 14.3 Å². The molecule has 5 heteroatoms. The summed E-state index contributed by atoms with van der Waals surface area (Å²) in [6, 6.07) is 10.8. The van der Waals surface area contributed by atoms with Crippen LogP contribution in [0.15, 0.2) is 42.6 Å². The lowest BCUT2D eigenvalue weighted by Gasteiger charge is -2.28. The number of anilines is 1. The minimum absolute atomic E-state index is 0.0249. The summed E-state index contributed by atoms with van der Waals surface area (Å²) in [5.41, 5.74) is 1.23. The van der Waals surface area contributed by atoms with E-state index in [-0.39, 0.29) is 24.8 Å². The molecule has 0 atom stereocenters. The molecule has 0 radical (unpaired) electrons. The number of para-hydroxylation sites is 2. The molecule has 1 aliphatic rings. The van der Waals surface area contributed by atoms with E-state index in [1.54, 1.807) is 22.8 Å². The molecule has 20 heavy (non-hydrogen) atoms. The number of aromatic nitrogens is 1. The Kier molecular flexibility index (Phi) is 3.02. The number of fused-ring (bicyclic) bond motifs is 1. The van der Waals surface area contributed by atoms with Crippen molar-refractivity contribution in [2.24, 2.45) is 7.05 Å². The number of carbonyl (C=O) groups is 2. The number of rotatable bonds is 3. The summed E-state index contributed by atoms with van der Waals surface area (Å²) in [7, 11) is 1.81. The number of hydrogen-bond donors (Lipinski definition) is 0. The fourth-order valence-electron chi connectivity index (χ4n) is 2.30. The smallest absolute Gasteiger partial charge is 0.265 e. The van der Waals surface area contributed by atoms with Gasteiger partial charge in [-0.1, -0.05) is 12.1 Å². The Morgan fingerprint density at radius 1 is 1.25 bits per heavy atom. The third-order valence-corrected chi connectivity index (χ3v) is 3.34. The van der Waals surface area contributed by atoms with Crippen molar-refractivity contribution >= 4 is 17.4 Å². The lowest BCUT2D eigenvalue weighted by atomic mass is 10.2. The van der Waals surface area contributed by atoms with Gasteiger partial charge in [0.1, 0.15) is 5.75 Å². The van der Waals surface area contributed by atoms with E-state index in [0.717, 1.165) is 0 Å². The van der Waals surface area contributed by atoms with Crippen LogP contribution < -0.4 is 9.64 Å². The molecule has 0 saturated carbocycles. The molecule has 2 aromatic rings. The van der Waals surface area contributed by atoms with Crippen LogP contribution in [0.25, 0.3) is 0 Å². The van der Waals surface area contributed by atoms with Gasteiger partial charge in [-0.15, -0.1) is 0 Å². The van der Waals surface area contributed by atoms with Crippen LogP contribution in [0.3, 0.4) is 0 Å². The molecular formula is C15H14N2O3. The van der Waals surface area contributed by atoms with Gasteiger partial charge < -0.3 is 9.30 Å². The van der Waals surface area contributed by atoms with Gasteiger partial charge in [0, 0.05) is 13.2 Å². The molecule has 1 aromatic carbocycles. The molecular weight excluding hydrogens is 256 g/mol. The standard InChI is InChI=1S/C15H14N2O3/c1-16-8-4-6-11(16)13(18)9-17-12-5-2-3-7-14(12)20-10-15(17)19/h2-8H,9-10H2,1H3. The van der Waals surface area contributed by atoms with Crippen molar-refractivity contribution in [3.05, 3.63) is 48.3 Å². The number of Topliss-reactive ketones (excluding diaryl/α,β-unsaturated/α-hetero) is 1. The Balaban J connectivity index is 1.89. The molecule has 102 valence electrons. The first-order valence-corrected chi connectivity index (χ1v) is 6.33. The Morgan fingerprint density at radius 3 is 2.80 bits per heavy atom. The van der Waals surface area contributed by atoms with Gasteiger partial charge in [0.05, 0.1) is 17.9 Å². The van der Waals surface area contributed by atoms with Crippen LogP contribution in [0.1, 0.15) is 10.5 Å². The molecule has 5 nitrogen and oxygen atoms in total. The van der Waals surface area contributed by atoms with Crippen LogP contribution in [-0.2, 0) is 11.8 Å². The van der Waals surface area contributed by atoms with E-state index in [1.807, 2.05) is 31.4 Å². The number of carbonyl (C=O) groups excluding carboxylic acids is 2. The molecule has 2 heterocycles. The van der Waals surface area contributed by atoms with Crippen LogP contribution in [0.4, 0.5) is 5.69 Å². The summed E-state index contributed by atoms with van der Waals surface area (Å²) in [6.07, 6.45) is 1.81. The molecule has 0 spiro atoms. The molecule has 3 rings (SSSR count). The fourth-order valence-corrected chi connectivity index (χ4v) is 2.30. The SMILES string of the molecule is Cn1cccc1C(=O)CN1C(=O)COc2ccccc21. The predicted molar refractivity (Wildman–Crippen MR) is 74.0 cm³/mol. The number of ketones is 1. The number of nitrogens with zero attached hydrogens (tertiary/aromatic N) is 2. The summed E-state index contributed by atoms with van der Waals surface area (Å²) >= 11 is 0. The first-order chi connectivity index (χ1) is 9.66. The van der Waals surface area contributed by atoms with Gasteiger partial charge in [-0.05, 0) is 24.3 Å². The molecule has 0 unspecified atom stereocenters. The third-order valence-electron chi connectivity index (χ3n) is 3.34. The molecule has 0 fully saturated rings. The van der Waals surface area contributed by atoms with Crippen molar-refractivity contribution in [3.63, 3.8) is 0 Å². The molecule has 1 aliphatic heterocycles. The van der Waals surface area contributed by atoms with Crippen LogP contribution >= 0.6 is 0 Å². The maximum Gasteiger partial charge on any atom is 0.265 e. The van der Waals surface area contributed by atoms with Crippen LogP contribution in [0.5, 0.6) is 5.75 Å². The molecule has 0 saturated heterocycles. The van der Waals surface area contributed by atoms with E-state index in [1.165, 1.54) is 4.90 Å². The second kappa shape index (κ2) is 4.85. The van der Waals surface area contributed by atoms with Gasteiger partial charge in [-0.25, -0.2) is 0 Å². The summed E-state index contributed by atoms with van der Waals surface area (Å²) in [6.45, 7) is -0.00547. The zero-order valence-corrected chi connectivity index (χ0v) is 11.1. The largest absolute Gasteiger partial charge is 0.482 e. The van der Waals surface area contributed by atoms with Crippen molar-refractivity contribution in [3.8, 4) is 5.75 Å². The first-order valence-electron chi connectivity index (χ1n) is 6.33. The highest BCUT2D eigenvalue weighted by Gasteiger charge is 2.27. The summed E-state index contributed by atoms with van der Waals surface area (Å²) < 4.78 is 7.10. The van der Waals surface area contributed by atoms with Crippen molar-refractivity contribution in [2.45, 2.75) is 0 Å². The van der Waals surface area contributed by atoms with Crippen molar-refractivity contribution in [1.29, 1.82) is 0 Å². The first kappa shape index (κ1) is 12.5. The van der Waals surface area contributed by atoms with E-state index in [4.69, 9.17) is 4.74 Å². The average Bonchev–Trinajstić information content (AvgIpc) is 2.88. The van der Waals surface area contributed by atoms with E-state index < -0.39 is 0 Å². The molecule has 0 bridgehead atoms. The Hall–Kier alpha value is -2.56. The van der Waals surface area contributed by atoms with E-state index >= 15 is 0 Å². The Bertz CT molecular complexity index is 675. The quantitative estimate of drug-likeness (QED) is 0.797. The van der Waals surface area contributed by atoms with Crippen molar-refractivity contribution in [1.82, 2.24) is 4.57 Å². The van der Waals surface area contributed by atoms with Crippen LogP contribution in [0, 0.1) is 0 Å². The van der Waals surface area contributed by atoms with E-state index in [2.05, 4.69) is 0 Å². The summed E-state index contributed by atoms with van der Waals surface area (Å²) in [5.74, 6) is 0.334. The highest BCUT2D eigenvalue weighted by atomic mass is 16.5. The number of hydrogen-bond acceptors (Lipinski definition) is 3. The maximum atomic E-state index is 12.3. The monoisotopic (exact) mass is 270 g/mol. The Morgan fingerprint density at radius 2 is 2.05 bits per heavy atom. The lowest BCUT2D eigenvalue weighted by Crippen LogP contribution is -2.42. The van der Waals surface area contributed by atoms with Crippen molar-refractivity contribution in [2.75, 3.05) is 18.1 Å². The predicted octanol–water partition coefficient (Wildman–Crippen LogP) is 1.63. The molecule has 0 N–H and O–H groups in total. The normalized spacial score (nSPS) is 13.8. The highest BCUT2D eigenvalue weighted by molar-refractivity contribution is 6.06. The zero-order chi connectivity index (χ0) is 14.1. The minimum Gasteiger partial charge on any atom is -0.482 e. The van der Waals surface area contributed by atoms with Gasteiger partial charge in [-0.3, -0.25) is 14.5 Å². The Labute approximate surface area is 116 Å². The number of ether oxygens (including phenoxy) is 1. The van der Waals surface area contributed by atoms with Gasteiger partial charge in [0.2, 0.25) is 0 Å². The third kappa shape index (κ3) is 2.07. The van der Waals surface area contributed by atoms with Gasteiger partial charge in [0.15, 0.2) is 12.4 Å². The average molecular weight is 270 g/mol. The van der Waals surface area contributed by atoms with Crippen LogP contribution in [-0.4, -0.2) is 29.4 Å². The second-order valence-electron chi connectivity index (χ2n) is 4.66. The van der Waals surface area contributed by atoms with Gasteiger partial charge in [-0.2, -0.15) is 0 Å². The fraction of sp³-hybridized carbons (Fsp3) is 0.200. The highest BCUT2D eigenvalue weighted by Crippen LogP contribution is 2.31. The van der Waals surface area contributed by atoms with Gasteiger partial charge in [0.25, 0.3) is 5.91 Å². The topological polar surface area (TPSA) is 51.5 Å². The summed E-state index contributed by atoms with van der Waals surface area (Å²) in [4.78, 5) is 25.8. The zero-order valence-electron chi connectivity index (χ0n) is 11.1. The minimum atomic E-state index is -0.203. The number of amides is 1. The maximum absolute atomic E-state index is 12.3. The lowest BCUT2D eigenvalue weighted by molar-refractivity contribution is -0.121. The van der Waals surface area contributed by atoms with Crippen LogP contribution in [0.2, 0.25) is 0 Å². The van der Waals surface area contributed by atoms with E-state index in [9.17, 15) is 9.59 Å². The molecule has 1 amide bonds. The summed E-state index contributed by atoms with van der Waals surface area (Å²) in [5, 5.41) is 0.